The molecule has 1 heterocycles. The molecule has 0 atom stereocenters. The smallest absolute Gasteiger partial charge is 0.380 e. The normalized spacial score (nSPS) is 11.1. The molecule has 0 aliphatic rings. The molecule has 10 heteroatoms. The fourth-order valence-corrected chi connectivity index (χ4v) is 4.46. The summed E-state index contributed by atoms with van der Waals surface area (Å²) < 4.78 is 25.6. The number of hydrogen-bond acceptors (Lipinski definition) is 9. The SMILES string of the molecule is CCOP(=S)(OCC)Oc1cc(C(=O)OC)sc1C(=O)OC. The van der Waals surface area contributed by atoms with E-state index >= 15 is 0 Å². The molecule has 0 amide bonds. The van der Waals surface area contributed by atoms with Crippen molar-refractivity contribution in [1.29, 1.82) is 0 Å². The van der Waals surface area contributed by atoms with E-state index < -0.39 is 18.7 Å². The molecule has 1 rings (SSSR count). The van der Waals surface area contributed by atoms with Gasteiger partial charge < -0.3 is 14.0 Å². The number of methoxy groups -OCH3 is 2. The highest BCUT2D eigenvalue weighted by atomic mass is 32.5. The molecule has 0 saturated heterocycles. The minimum absolute atomic E-state index is 0.0856. The van der Waals surface area contributed by atoms with Gasteiger partial charge in [0.1, 0.15) is 4.88 Å². The van der Waals surface area contributed by atoms with Crippen molar-refractivity contribution < 1.29 is 32.6 Å². The molecule has 0 fully saturated rings. The van der Waals surface area contributed by atoms with Crippen molar-refractivity contribution in [2.75, 3.05) is 27.4 Å². The van der Waals surface area contributed by atoms with Gasteiger partial charge in [-0.25, -0.2) is 9.59 Å². The van der Waals surface area contributed by atoms with E-state index in [1.807, 2.05) is 0 Å². The predicted molar refractivity (Wildman–Crippen MR) is 85.2 cm³/mol. The van der Waals surface area contributed by atoms with Crippen molar-refractivity contribution in [1.82, 2.24) is 0 Å². The van der Waals surface area contributed by atoms with Crippen LogP contribution in [0.25, 0.3) is 0 Å². The molecular weight excluding hydrogens is 351 g/mol. The Kier molecular flexibility index (Phi) is 7.44. The molecule has 0 radical (unpaired) electrons. The lowest BCUT2D eigenvalue weighted by molar-refractivity contribution is 0.0597. The minimum Gasteiger partial charge on any atom is -0.465 e. The average molecular weight is 368 g/mol. The van der Waals surface area contributed by atoms with E-state index in [0.717, 1.165) is 11.3 Å². The first-order chi connectivity index (χ1) is 10.4. The standard InChI is InChI=1S/C12H17O7PS2/c1-5-17-20(21,18-6-2)19-8-7-9(11(13)15-3)22-10(8)12(14)16-4/h7H,5-6H2,1-4H3. The number of carbonyl (C=O) groups is 2. The van der Waals surface area contributed by atoms with Gasteiger partial charge in [-0.2, -0.15) is 0 Å². The number of thiophene rings is 1. The third-order valence-electron chi connectivity index (χ3n) is 2.24. The van der Waals surface area contributed by atoms with Crippen LogP contribution in [0.15, 0.2) is 6.07 Å². The number of hydrogen-bond donors (Lipinski definition) is 0. The van der Waals surface area contributed by atoms with Crippen molar-refractivity contribution >= 4 is 41.8 Å². The molecular formula is C12H17O7PS2. The lowest BCUT2D eigenvalue weighted by atomic mass is 10.4. The molecule has 7 nitrogen and oxygen atoms in total. The van der Waals surface area contributed by atoms with Crippen molar-refractivity contribution in [3.05, 3.63) is 15.8 Å². The maximum Gasteiger partial charge on any atom is 0.380 e. The summed E-state index contributed by atoms with van der Waals surface area (Å²) in [4.78, 5) is 23.7. The first kappa shape index (κ1) is 19.1. The van der Waals surface area contributed by atoms with Gasteiger partial charge >= 0.3 is 18.7 Å². The maximum atomic E-state index is 11.8. The quantitative estimate of drug-likeness (QED) is 0.512. The summed E-state index contributed by atoms with van der Waals surface area (Å²) >= 11 is 6.14. The third-order valence-corrected chi connectivity index (χ3v) is 5.74. The third kappa shape index (κ3) is 4.76. The Balaban J connectivity index is 3.20. The number of ether oxygens (including phenoxy) is 2. The second kappa shape index (κ2) is 8.59. The highest BCUT2D eigenvalue weighted by Crippen LogP contribution is 2.51. The number of carbonyl (C=O) groups excluding carboxylic acids is 2. The van der Waals surface area contributed by atoms with Crippen molar-refractivity contribution in [3.63, 3.8) is 0 Å². The first-order valence-corrected chi connectivity index (χ1v) is 9.67. The zero-order valence-corrected chi connectivity index (χ0v) is 15.1. The Morgan fingerprint density at radius 2 is 1.68 bits per heavy atom. The molecule has 0 aliphatic heterocycles. The first-order valence-electron chi connectivity index (χ1n) is 6.29. The number of rotatable bonds is 8. The van der Waals surface area contributed by atoms with Crippen LogP contribution in [0.1, 0.15) is 33.2 Å². The fraction of sp³-hybridized carbons (Fsp3) is 0.500. The molecule has 0 unspecified atom stereocenters. The number of esters is 2. The highest BCUT2D eigenvalue weighted by Gasteiger charge is 2.28. The molecule has 0 aliphatic carbocycles. The molecule has 1 aromatic heterocycles. The zero-order chi connectivity index (χ0) is 16.8. The average Bonchev–Trinajstić information content (AvgIpc) is 2.89. The predicted octanol–water partition coefficient (Wildman–Crippen LogP) is 3.00. The van der Waals surface area contributed by atoms with Gasteiger partial charge in [0.05, 0.1) is 27.4 Å². The van der Waals surface area contributed by atoms with Crippen LogP contribution in [0.4, 0.5) is 0 Å². The van der Waals surface area contributed by atoms with Crippen LogP contribution < -0.4 is 4.52 Å². The van der Waals surface area contributed by atoms with Gasteiger partial charge in [-0.15, -0.1) is 11.3 Å². The molecule has 0 aromatic carbocycles. The fourth-order valence-electron chi connectivity index (χ4n) is 1.40. The summed E-state index contributed by atoms with van der Waals surface area (Å²) in [6.45, 7) is 1.01. The highest BCUT2D eigenvalue weighted by molar-refractivity contribution is 8.07. The van der Waals surface area contributed by atoms with Crippen LogP contribution in [0.5, 0.6) is 5.75 Å². The van der Waals surface area contributed by atoms with Crippen LogP contribution in [-0.4, -0.2) is 39.4 Å². The second-order valence-corrected chi connectivity index (χ2v) is 7.65. The van der Waals surface area contributed by atoms with Crippen LogP contribution >= 0.6 is 18.1 Å². The Labute approximate surface area is 137 Å². The molecule has 0 saturated carbocycles. The molecule has 1 aromatic rings. The van der Waals surface area contributed by atoms with E-state index in [4.69, 9.17) is 25.4 Å². The van der Waals surface area contributed by atoms with E-state index in [9.17, 15) is 9.59 Å². The summed E-state index contributed by atoms with van der Waals surface area (Å²) in [6, 6.07) is 1.36. The van der Waals surface area contributed by atoms with Crippen LogP contribution in [-0.2, 0) is 30.3 Å². The summed E-state index contributed by atoms with van der Waals surface area (Å²) in [6.07, 6.45) is 0. The minimum atomic E-state index is -3.06. The van der Waals surface area contributed by atoms with E-state index in [2.05, 4.69) is 9.47 Å². The van der Waals surface area contributed by atoms with Gasteiger partial charge in [0, 0.05) is 17.9 Å². The van der Waals surface area contributed by atoms with Crippen molar-refractivity contribution in [2.24, 2.45) is 0 Å². The van der Waals surface area contributed by atoms with E-state index in [-0.39, 0.29) is 15.5 Å². The largest absolute Gasteiger partial charge is 0.465 e. The van der Waals surface area contributed by atoms with E-state index in [1.54, 1.807) is 13.8 Å². The Morgan fingerprint density at radius 3 is 2.14 bits per heavy atom. The summed E-state index contributed by atoms with van der Waals surface area (Å²) in [5, 5.41) is 0. The molecule has 0 N–H and O–H groups in total. The summed E-state index contributed by atoms with van der Waals surface area (Å²) in [7, 11) is 2.47. The van der Waals surface area contributed by atoms with Gasteiger partial charge in [-0.3, -0.25) is 9.05 Å². The topological polar surface area (TPSA) is 80.3 Å². The van der Waals surface area contributed by atoms with Gasteiger partial charge in [-0.05, 0) is 13.8 Å². The van der Waals surface area contributed by atoms with Gasteiger partial charge in [0.2, 0.25) is 0 Å². The van der Waals surface area contributed by atoms with E-state index in [0.29, 0.717) is 13.2 Å². The second-order valence-electron chi connectivity index (χ2n) is 3.66. The van der Waals surface area contributed by atoms with Crippen molar-refractivity contribution in [3.8, 4) is 5.75 Å². The molecule has 124 valence electrons. The van der Waals surface area contributed by atoms with E-state index in [1.165, 1.54) is 20.3 Å². The van der Waals surface area contributed by atoms with Gasteiger partial charge in [-0.1, -0.05) is 0 Å². The Bertz CT molecular complexity index is 574. The lowest BCUT2D eigenvalue weighted by Crippen LogP contribution is -2.05. The molecule has 22 heavy (non-hydrogen) atoms. The monoisotopic (exact) mass is 368 g/mol. The zero-order valence-electron chi connectivity index (χ0n) is 12.6. The Hall–Kier alpha value is -0.990. The van der Waals surface area contributed by atoms with Gasteiger partial charge in [0.25, 0.3) is 0 Å². The maximum absolute atomic E-state index is 11.8. The summed E-state index contributed by atoms with van der Waals surface area (Å²) in [5.41, 5.74) is 0. The lowest BCUT2D eigenvalue weighted by Gasteiger charge is -2.20. The van der Waals surface area contributed by atoms with Crippen LogP contribution in [0, 0.1) is 0 Å². The van der Waals surface area contributed by atoms with Crippen LogP contribution in [0.3, 0.4) is 0 Å². The summed E-state index contributed by atoms with van der Waals surface area (Å²) in [5.74, 6) is -1.15. The molecule has 0 bridgehead atoms. The van der Waals surface area contributed by atoms with Crippen molar-refractivity contribution in [2.45, 2.75) is 13.8 Å². The molecule has 0 spiro atoms. The van der Waals surface area contributed by atoms with Crippen LogP contribution in [0.2, 0.25) is 0 Å². The van der Waals surface area contributed by atoms with Gasteiger partial charge in [0.15, 0.2) is 10.6 Å². The Morgan fingerprint density at radius 1 is 1.14 bits per heavy atom.